The normalized spacial score (nSPS) is 17.0. The Hall–Kier alpha value is -3.27. The van der Waals surface area contributed by atoms with Crippen LogP contribution in [-0.2, 0) is 19.5 Å². The summed E-state index contributed by atoms with van der Waals surface area (Å²) in [7, 11) is 2.19. The number of nitrogens with one attached hydrogen (secondary N) is 1. The summed E-state index contributed by atoms with van der Waals surface area (Å²) < 4.78 is 0. The number of benzene rings is 1. The zero-order chi connectivity index (χ0) is 24.8. The van der Waals surface area contributed by atoms with Crippen LogP contribution in [0, 0.1) is 6.92 Å². The minimum atomic E-state index is -0.996. The molecular formula is C27H30N6O2S. The molecule has 3 aromatic heterocycles. The fraction of sp³-hybridized carbons (Fsp3) is 0.370. The maximum Gasteiger partial charge on any atom is 0.339 e. The number of aromatic nitrogens is 3. The molecule has 0 atom stereocenters. The summed E-state index contributed by atoms with van der Waals surface area (Å²) in [5.41, 5.74) is 5.57. The number of thiophene rings is 1. The zero-order valence-electron chi connectivity index (χ0n) is 20.6. The van der Waals surface area contributed by atoms with E-state index in [1.807, 2.05) is 11.3 Å². The standard InChI is InChI=1S/C27H30N6O2S/c1-17-21(26(34)35)14-28-27(29-17)33-8-7-24-22(16-33)20-13-18(3-5-23(20)30-24)25-6-4-19(36-25)15-32-11-9-31(2)10-12-32/h3-6,13-14,30H,7-12,15-16H2,1-2H3,(H,34,35). The molecule has 0 amide bonds. The predicted octanol–water partition coefficient (Wildman–Crippen LogP) is 4.00. The van der Waals surface area contributed by atoms with Gasteiger partial charge < -0.3 is 19.9 Å². The number of nitrogens with zero attached hydrogens (tertiary/aromatic N) is 5. The Labute approximate surface area is 214 Å². The van der Waals surface area contributed by atoms with Crippen LogP contribution in [0.2, 0.25) is 0 Å². The van der Waals surface area contributed by atoms with E-state index in [1.165, 1.54) is 38.2 Å². The topological polar surface area (TPSA) is 88.6 Å². The SMILES string of the molecule is Cc1nc(N2CCc3[nH]c4ccc(-c5ccc(CN6CCN(C)CC6)s5)cc4c3C2)ncc1C(=O)O. The summed E-state index contributed by atoms with van der Waals surface area (Å²) in [4.78, 5) is 33.6. The van der Waals surface area contributed by atoms with Crippen LogP contribution in [0.25, 0.3) is 21.3 Å². The highest BCUT2D eigenvalue weighted by Crippen LogP contribution is 2.35. The van der Waals surface area contributed by atoms with Gasteiger partial charge in [-0.2, -0.15) is 0 Å². The number of aryl methyl sites for hydroxylation is 1. The third kappa shape index (κ3) is 4.38. The number of aromatic carboxylic acids is 1. The molecule has 4 aromatic rings. The van der Waals surface area contributed by atoms with Crippen molar-refractivity contribution in [1.29, 1.82) is 0 Å². The number of anilines is 1. The number of aromatic amines is 1. The molecule has 5 heterocycles. The Morgan fingerprint density at radius 3 is 2.75 bits per heavy atom. The van der Waals surface area contributed by atoms with Gasteiger partial charge in [-0.3, -0.25) is 4.90 Å². The average Bonchev–Trinajstić information content (AvgIpc) is 3.49. The lowest BCUT2D eigenvalue weighted by Gasteiger charge is -2.31. The fourth-order valence-electron chi connectivity index (χ4n) is 5.20. The number of rotatable bonds is 5. The highest BCUT2D eigenvalue weighted by atomic mass is 32.1. The molecule has 0 radical (unpaired) electrons. The van der Waals surface area contributed by atoms with Gasteiger partial charge in [0.25, 0.3) is 0 Å². The molecule has 0 saturated carbocycles. The monoisotopic (exact) mass is 502 g/mol. The first-order valence-electron chi connectivity index (χ1n) is 12.4. The molecule has 0 aliphatic carbocycles. The third-order valence-corrected chi connectivity index (χ3v) is 8.50. The van der Waals surface area contributed by atoms with E-state index < -0.39 is 5.97 Å². The smallest absolute Gasteiger partial charge is 0.339 e. The number of hydrogen-bond donors (Lipinski definition) is 2. The van der Waals surface area contributed by atoms with Gasteiger partial charge in [-0.1, -0.05) is 6.07 Å². The van der Waals surface area contributed by atoms with Crippen molar-refractivity contribution in [2.45, 2.75) is 26.4 Å². The second kappa shape index (κ2) is 9.31. The molecule has 1 aromatic carbocycles. The first-order chi connectivity index (χ1) is 17.4. The molecule has 1 saturated heterocycles. The molecule has 9 heteroatoms. The maximum absolute atomic E-state index is 11.3. The van der Waals surface area contributed by atoms with E-state index in [-0.39, 0.29) is 5.56 Å². The Morgan fingerprint density at radius 2 is 1.97 bits per heavy atom. The lowest BCUT2D eigenvalue weighted by molar-refractivity contribution is 0.0695. The molecule has 36 heavy (non-hydrogen) atoms. The van der Waals surface area contributed by atoms with Crippen LogP contribution >= 0.6 is 11.3 Å². The van der Waals surface area contributed by atoms with Gasteiger partial charge in [-0.25, -0.2) is 14.8 Å². The van der Waals surface area contributed by atoms with Crippen molar-refractivity contribution in [2.24, 2.45) is 0 Å². The van der Waals surface area contributed by atoms with Gasteiger partial charge in [0.15, 0.2) is 0 Å². The number of fused-ring (bicyclic) bond motifs is 3. The molecule has 0 unspecified atom stereocenters. The highest BCUT2D eigenvalue weighted by molar-refractivity contribution is 7.15. The summed E-state index contributed by atoms with van der Waals surface area (Å²) >= 11 is 1.89. The Bertz CT molecular complexity index is 1440. The Morgan fingerprint density at radius 1 is 1.14 bits per heavy atom. The maximum atomic E-state index is 11.3. The van der Waals surface area contributed by atoms with Crippen LogP contribution in [0.15, 0.2) is 36.5 Å². The quantitative estimate of drug-likeness (QED) is 0.426. The summed E-state index contributed by atoms with van der Waals surface area (Å²) in [5.74, 6) is -0.412. The molecular weight excluding hydrogens is 472 g/mol. The molecule has 0 spiro atoms. The molecule has 2 aliphatic rings. The van der Waals surface area contributed by atoms with Gasteiger partial charge in [0.2, 0.25) is 5.95 Å². The van der Waals surface area contributed by atoms with Gasteiger partial charge in [0.1, 0.15) is 0 Å². The fourth-order valence-corrected chi connectivity index (χ4v) is 6.25. The average molecular weight is 503 g/mol. The third-order valence-electron chi connectivity index (χ3n) is 7.38. The highest BCUT2D eigenvalue weighted by Gasteiger charge is 2.24. The van der Waals surface area contributed by atoms with Crippen LogP contribution < -0.4 is 4.90 Å². The number of hydrogen-bond acceptors (Lipinski definition) is 7. The van der Waals surface area contributed by atoms with E-state index in [4.69, 9.17) is 0 Å². The lowest BCUT2D eigenvalue weighted by atomic mass is 10.0. The van der Waals surface area contributed by atoms with Gasteiger partial charge in [-0.15, -0.1) is 11.3 Å². The first kappa shape index (κ1) is 23.1. The second-order valence-corrected chi connectivity index (χ2v) is 11.0. The number of carbonyl (C=O) groups is 1. The predicted molar refractivity (Wildman–Crippen MR) is 143 cm³/mol. The molecule has 2 aliphatic heterocycles. The van der Waals surface area contributed by atoms with Crippen molar-refractivity contribution in [3.63, 3.8) is 0 Å². The van der Waals surface area contributed by atoms with Crippen LogP contribution in [0.3, 0.4) is 0 Å². The van der Waals surface area contributed by atoms with E-state index in [0.29, 0.717) is 18.2 Å². The van der Waals surface area contributed by atoms with Crippen molar-refractivity contribution < 1.29 is 9.90 Å². The lowest BCUT2D eigenvalue weighted by Crippen LogP contribution is -2.43. The Balaban J connectivity index is 1.24. The van der Waals surface area contributed by atoms with Crippen LogP contribution in [0.5, 0.6) is 0 Å². The van der Waals surface area contributed by atoms with Crippen molar-refractivity contribution in [3.05, 3.63) is 63.9 Å². The Kier molecular flexibility index (Phi) is 5.99. The van der Waals surface area contributed by atoms with Crippen molar-refractivity contribution >= 4 is 34.2 Å². The van der Waals surface area contributed by atoms with Gasteiger partial charge >= 0.3 is 5.97 Å². The molecule has 1 fully saturated rings. The van der Waals surface area contributed by atoms with Gasteiger partial charge in [0.05, 0.1) is 11.3 Å². The summed E-state index contributed by atoms with van der Waals surface area (Å²) in [6.45, 7) is 8.77. The van der Waals surface area contributed by atoms with E-state index in [2.05, 4.69) is 67.0 Å². The molecule has 8 nitrogen and oxygen atoms in total. The van der Waals surface area contributed by atoms with Gasteiger partial charge in [0, 0.05) is 90.3 Å². The number of likely N-dealkylation sites (N-methyl/N-ethyl adjacent to an activating group) is 1. The van der Waals surface area contributed by atoms with Gasteiger partial charge in [-0.05, 0) is 43.8 Å². The summed E-state index contributed by atoms with van der Waals surface area (Å²) in [6, 6.07) is 11.2. The summed E-state index contributed by atoms with van der Waals surface area (Å²) in [6.07, 6.45) is 2.29. The van der Waals surface area contributed by atoms with E-state index >= 15 is 0 Å². The second-order valence-electron chi connectivity index (χ2n) is 9.83. The van der Waals surface area contributed by atoms with Crippen LogP contribution in [0.1, 0.15) is 32.2 Å². The largest absolute Gasteiger partial charge is 0.478 e. The van der Waals surface area contributed by atoms with Crippen molar-refractivity contribution in [3.8, 4) is 10.4 Å². The number of H-pyrrole nitrogens is 1. The minimum absolute atomic E-state index is 0.149. The van der Waals surface area contributed by atoms with Crippen molar-refractivity contribution in [1.82, 2.24) is 24.8 Å². The number of piperazine rings is 1. The number of carboxylic acids is 1. The minimum Gasteiger partial charge on any atom is -0.478 e. The molecule has 2 N–H and O–H groups in total. The molecule has 6 rings (SSSR count). The van der Waals surface area contributed by atoms with Crippen LogP contribution in [0.4, 0.5) is 5.95 Å². The van der Waals surface area contributed by atoms with E-state index in [9.17, 15) is 9.90 Å². The first-order valence-corrected chi connectivity index (χ1v) is 13.2. The number of carboxylic acid groups (broad SMARTS) is 1. The van der Waals surface area contributed by atoms with Crippen LogP contribution in [-0.4, -0.2) is 75.6 Å². The van der Waals surface area contributed by atoms with E-state index in [0.717, 1.165) is 51.2 Å². The molecule has 186 valence electrons. The van der Waals surface area contributed by atoms with Crippen molar-refractivity contribution in [2.75, 3.05) is 44.7 Å². The molecule has 0 bridgehead atoms. The summed E-state index contributed by atoms with van der Waals surface area (Å²) in [5, 5.41) is 10.5. The zero-order valence-corrected chi connectivity index (χ0v) is 21.4. The van der Waals surface area contributed by atoms with E-state index in [1.54, 1.807) is 6.92 Å².